The number of ether oxygens (including phenoxy) is 2. The normalized spacial score (nSPS) is 24.6. The standard InChI is InChI=1S/C22H27N7O3/c1-29-22(30)20-16(25-15-8-7-13(12-31-2)9-17(15)32-3)10-19(27-21(20)28-29)26-18-6-4-5-14(11-23)24-18/h4-9,16,19-21,25,27-28H,10,12H2,1-3H3,(H,24,26). The van der Waals surface area contributed by atoms with Gasteiger partial charge in [0.1, 0.15) is 23.3 Å². The van der Waals surface area contributed by atoms with E-state index in [-0.39, 0.29) is 30.2 Å². The predicted molar refractivity (Wildman–Crippen MR) is 118 cm³/mol. The number of anilines is 2. The highest BCUT2D eigenvalue weighted by Gasteiger charge is 2.48. The second-order valence-corrected chi connectivity index (χ2v) is 7.87. The van der Waals surface area contributed by atoms with Crippen molar-refractivity contribution in [1.82, 2.24) is 20.7 Å². The van der Waals surface area contributed by atoms with Crippen LogP contribution in [-0.4, -0.2) is 55.5 Å². The lowest BCUT2D eigenvalue weighted by Gasteiger charge is -2.39. The number of hydrogen-bond donors (Lipinski definition) is 4. The van der Waals surface area contributed by atoms with Gasteiger partial charge in [0.25, 0.3) is 0 Å². The number of pyridine rings is 1. The molecule has 2 aliphatic rings. The predicted octanol–water partition coefficient (Wildman–Crippen LogP) is 1.24. The van der Waals surface area contributed by atoms with Crippen molar-refractivity contribution in [2.75, 3.05) is 31.9 Å². The van der Waals surface area contributed by atoms with Crippen molar-refractivity contribution in [3.05, 3.63) is 47.7 Å². The number of amides is 1. The molecule has 1 amide bonds. The van der Waals surface area contributed by atoms with Gasteiger partial charge in [-0.3, -0.25) is 15.1 Å². The smallest absolute Gasteiger partial charge is 0.244 e. The fraction of sp³-hybridized carbons (Fsp3) is 0.409. The fourth-order valence-corrected chi connectivity index (χ4v) is 4.27. The average molecular weight is 438 g/mol. The van der Waals surface area contributed by atoms with Crippen LogP contribution in [0.5, 0.6) is 5.75 Å². The van der Waals surface area contributed by atoms with Crippen LogP contribution in [0.2, 0.25) is 0 Å². The Morgan fingerprint density at radius 3 is 2.88 bits per heavy atom. The minimum atomic E-state index is -0.306. The van der Waals surface area contributed by atoms with Gasteiger partial charge in [-0.1, -0.05) is 12.1 Å². The topological polar surface area (TPSA) is 124 Å². The number of aromatic nitrogens is 1. The van der Waals surface area contributed by atoms with Crippen LogP contribution in [0, 0.1) is 17.2 Å². The number of carbonyl (C=O) groups is 1. The van der Waals surface area contributed by atoms with E-state index in [9.17, 15) is 4.79 Å². The number of hydrazine groups is 1. The summed E-state index contributed by atoms with van der Waals surface area (Å²) in [6.45, 7) is 0.489. The molecule has 2 aliphatic heterocycles. The van der Waals surface area contributed by atoms with Crippen LogP contribution in [-0.2, 0) is 16.1 Å². The van der Waals surface area contributed by atoms with E-state index >= 15 is 0 Å². The molecule has 2 saturated heterocycles. The van der Waals surface area contributed by atoms with Gasteiger partial charge in [-0.05, 0) is 29.8 Å². The van der Waals surface area contributed by atoms with Gasteiger partial charge in [0.15, 0.2) is 0 Å². The zero-order valence-electron chi connectivity index (χ0n) is 18.3. The number of nitrogens with one attached hydrogen (secondary N) is 4. The van der Waals surface area contributed by atoms with Gasteiger partial charge in [-0.2, -0.15) is 5.26 Å². The molecule has 1 aromatic carbocycles. The molecule has 32 heavy (non-hydrogen) atoms. The molecule has 10 heteroatoms. The van der Waals surface area contributed by atoms with Crippen LogP contribution >= 0.6 is 0 Å². The molecule has 0 saturated carbocycles. The van der Waals surface area contributed by atoms with Crippen molar-refractivity contribution in [3.63, 3.8) is 0 Å². The van der Waals surface area contributed by atoms with Gasteiger partial charge < -0.3 is 20.1 Å². The van der Waals surface area contributed by atoms with Crippen LogP contribution in [0.3, 0.4) is 0 Å². The highest BCUT2D eigenvalue weighted by Crippen LogP contribution is 2.33. The molecule has 0 aliphatic carbocycles. The lowest BCUT2D eigenvalue weighted by Crippen LogP contribution is -2.60. The highest BCUT2D eigenvalue weighted by molar-refractivity contribution is 5.82. The van der Waals surface area contributed by atoms with E-state index in [0.717, 1.165) is 11.3 Å². The van der Waals surface area contributed by atoms with Crippen molar-refractivity contribution in [2.24, 2.45) is 5.92 Å². The maximum atomic E-state index is 12.8. The van der Waals surface area contributed by atoms with Crippen molar-refractivity contribution in [1.29, 1.82) is 5.26 Å². The molecule has 168 valence electrons. The molecular weight excluding hydrogens is 410 g/mol. The molecule has 2 aromatic rings. The number of carbonyl (C=O) groups excluding carboxylic acids is 1. The monoisotopic (exact) mass is 437 g/mol. The first kappa shape index (κ1) is 21.8. The summed E-state index contributed by atoms with van der Waals surface area (Å²) in [6.07, 6.45) is 0.166. The second kappa shape index (κ2) is 9.40. The molecule has 3 heterocycles. The third kappa shape index (κ3) is 4.45. The van der Waals surface area contributed by atoms with Gasteiger partial charge >= 0.3 is 0 Å². The lowest BCUT2D eigenvalue weighted by atomic mass is 9.88. The largest absolute Gasteiger partial charge is 0.495 e. The average Bonchev–Trinajstić information content (AvgIpc) is 3.08. The fourth-order valence-electron chi connectivity index (χ4n) is 4.27. The Kier molecular flexibility index (Phi) is 6.41. The summed E-state index contributed by atoms with van der Waals surface area (Å²) >= 11 is 0. The molecule has 0 spiro atoms. The molecule has 10 nitrogen and oxygen atoms in total. The molecule has 4 atom stereocenters. The summed E-state index contributed by atoms with van der Waals surface area (Å²) in [4.78, 5) is 17.2. The SMILES string of the molecule is COCc1ccc(NC2CC(Nc3cccc(C#N)n3)NC3NN(C)C(=O)C23)c(OC)c1. The number of nitrogens with zero attached hydrogens (tertiary/aromatic N) is 3. The first-order chi connectivity index (χ1) is 15.5. The van der Waals surface area contributed by atoms with Gasteiger partial charge in [0.05, 0.1) is 37.7 Å². The van der Waals surface area contributed by atoms with Gasteiger partial charge in [-0.15, -0.1) is 0 Å². The van der Waals surface area contributed by atoms with Gasteiger partial charge in [0, 0.05) is 26.6 Å². The Bertz CT molecular complexity index is 1020. The number of rotatable bonds is 7. The molecule has 4 unspecified atom stereocenters. The van der Waals surface area contributed by atoms with Crippen molar-refractivity contribution in [2.45, 2.75) is 31.4 Å². The Hall–Kier alpha value is -3.39. The molecule has 0 radical (unpaired) electrons. The number of fused-ring (bicyclic) bond motifs is 1. The summed E-state index contributed by atoms with van der Waals surface area (Å²) in [5, 5.41) is 20.9. The first-order valence-corrected chi connectivity index (χ1v) is 10.4. The Balaban J connectivity index is 1.57. The number of nitriles is 1. The minimum Gasteiger partial charge on any atom is -0.495 e. The van der Waals surface area contributed by atoms with Crippen molar-refractivity contribution in [3.8, 4) is 11.8 Å². The first-order valence-electron chi connectivity index (χ1n) is 10.4. The molecule has 4 rings (SSSR count). The maximum absolute atomic E-state index is 12.8. The number of benzene rings is 1. The minimum absolute atomic E-state index is 0.0121. The number of hydrogen-bond acceptors (Lipinski definition) is 9. The molecular formula is C22H27N7O3. The van der Waals surface area contributed by atoms with E-state index in [1.165, 1.54) is 5.01 Å². The lowest BCUT2D eigenvalue weighted by molar-refractivity contribution is -0.131. The Morgan fingerprint density at radius 1 is 1.28 bits per heavy atom. The van der Waals surface area contributed by atoms with E-state index in [1.54, 1.807) is 33.4 Å². The van der Waals surface area contributed by atoms with E-state index in [4.69, 9.17) is 14.7 Å². The third-order valence-corrected chi connectivity index (χ3v) is 5.72. The summed E-state index contributed by atoms with van der Waals surface area (Å²) in [6, 6.07) is 13.0. The van der Waals surface area contributed by atoms with Crippen LogP contribution < -0.4 is 26.1 Å². The van der Waals surface area contributed by atoms with Crippen molar-refractivity contribution >= 4 is 17.4 Å². The van der Waals surface area contributed by atoms with E-state index in [1.807, 2.05) is 24.3 Å². The molecule has 2 fully saturated rings. The Morgan fingerprint density at radius 2 is 2.12 bits per heavy atom. The van der Waals surface area contributed by atoms with E-state index < -0.39 is 0 Å². The van der Waals surface area contributed by atoms with Gasteiger partial charge in [-0.25, -0.2) is 10.4 Å². The van der Waals surface area contributed by atoms with Crippen LogP contribution in [0.4, 0.5) is 11.5 Å². The second-order valence-electron chi connectivity index (χ2n) is 7.87. The molecule has 1 aromatic heterocycles. The number of piperidine rings is 1. The van der Waals surface area contributed by atoms with Crippen LogP contribution in [0.1, 0.15) is 17.7 Å². The van der Waals surface area contributed by atoms with Gasteiger partial charge in [0.2, 0.25) is 5.91 Å². The zero-order valence-corrected chi connectivity index (χ0v) is 18.3. The number of methoxy groups -OCH3 is 2. The molecule has 0 bridgehead atoms. The van der Waals surface area contributed by atoms with E-state index in [0.29, 0.717) is 30.3 Å². The zero-order chi connectivity index (χ0) is 22.7. The Labute approximate surface area is 186 Å². The quantitative estimate of drug-likeness (QED) is 0.506. The summed E-state index contributed by atoms with van der Waals surface area (Å²) in [7, 11) is 4.99. The van der Waals surface area contributed by atoms with Crippen LogP contribution in [0.15, 0.2) is 36.4 Å². The third-order valence-electron chi connectivity index (χ3n) is 5.72. The highest BCUT2D eigenvalue weighted by atomic mass is 16.5. The van der Waals surface area contributed by atoms with E-state index in [2.05, 4.69) is 32.4 Å². The van der Waals surface area contributed by atoms with Crippen molar-refractivity contribution < 1.29 is 14.3 Å². The molecule has 4 N–H and O–H groups in total. The summed E-state index contributed by atoms with van der Waals surface area (Å²) in [5.74, 6) is 0.991. The summed E-state index contributed by atoms with van der Waals surface area (Å²) in [5.41, 5.74) is 5.34. The maximum Gasteiger partial charge on any atom is 0.244 e. The summed E-state index contributed by atoms with van der Waals surface area (Å²) < 4.78 is 10.8. The van der Waals surface area contributed by atoms with Crippen LogP contribution in [0.25, 0.3) is 0 Å².